The van der Waals surface area contributed by atoms with E-state index >= 15 is 0 Å². The molecule has 3 nitrogen and oxygen atoms in total. The van der Waals surface area contributed by atoms with E-state index in [-0.39, 0.29) is 11.4 Å². The number of fused-ring (bicyclic) bond motifs is 3. The third kappa shape index (κ3) is 1.04. The van der Waals surface area contributed by atoms with Crippen molar-refractivity contribution in [2.45, 2.75) is 18.4 Å². The lowest BCUT2D eigenvalue weighted by molar-refractivity contribution is 0.0711. The van der Waals surface area contributed by atoms with E-state index in [0.29, 0.717) is 0 Å². The summed E-state index contributed by atoms with van der Waals surface area (Å²) < 4.78 is 0. The molecule has 0 saturated carbocycles. The molecule has 2 aliphatic rings. The van der Waals surface area contributed by atoms with Crippen LogP contribution < -0.4 is 0 Å². The summed E-state index contributed by atoms with van der Waals surface area (Å²) in [7, 11) is 0. The van der Waals surface area contributed by atoms with Crippen LogP contribution in [0.3, 0.4) is 0 Å². The molecule has 1 unspecified atom stereocenters. The Hall–Kier alpha value is -1.68. The molecule has 1 amide bonds. The number of rotatable bonds is 1. The minimum atomic E-state index is -0.276. The van der Waals surface area contributed by atoms with Gasteiger partial charge in [0.1, 0.15) is 10.5 Å². The van der Waals surface area contributed by atoms with Crippen molar-refractivity contribution < 1.29 is 4.79 Å². The average Bonchev–Trinajstić information content (AvgIpc) is 3.09. The molecule has 4 rings (SSSR count). The first-order chi connectivity index (χ1) is 8.84. The van der Waals surface area contributed by atoms with Crippen LogP contribution in [-0.2, 0) is 5.54 Å². The van der Waals surface area contributed by atoms with Crippen molar-refractivity contribution >= 4 is 17.2 Å². The number of carbonyl (C=O) groups is 1. The molecule has 18 heavy (non-hydrogen) atoms. The SMILES string of the molecule is O=C1c2ccccc2C2(c3nccs3)CCCN12. The predicted molar refractivity (Wildman–Crippen MR) is 69.6 cm³/mol. The lowest BCUT2D eigenvalue weighted by Crippen LogP contribution is -2.39. The second kappa shape index (κ2) is 3.42. The first-order valence-corrected chi connectivity index (χ1v) is 7.03. The summed E-state index contributed by atoms with van der Waals surface area (Å²) in [6.45, 7) is 0.840. The highest BCUT2D eigenvalue weighted by Crippen LogP contribution is 2.51. The van der Waals surface area contributed by atoms with Crippen molar-refractivity contribution in [1.82, 2.24) is 9.88 Å². The number of benzene rings is 1. The third-order valence-electron chi connectivity index (χ3n) is 4.02. The van der Waals surface area contributed by atoms with Crippen LogP contribution in [0.2, 0.25) is 0 Å². The molecule has 1 aromatic heterocycles. The number of hydrogen-bond donors (Lipinski definition) is 0. The standard InChI is InChI=1S/C14H12N2OS/c17-12-10-4-1-2-5-11(10)14(6-3-8-16(12)14)13-15-7-9-18-13/h1-2,4-5,7,9H,3,6,8H2. The van der Waals surface area contributed by atoms with E-state index in [9.17, 15) is 4.79 Å². The minimum absolute atomic E-state index is 0.165. The van der Waals surface area contributed by atoms with Gasteiger partial charge in [-0.05, 0) is 24.5 Å². The molecule has 4 heteroatoms. The molecule has 3 heterocycles. The van der Waals surface area contributed by atoms with E-state index in [1.54, 1.807) is 11.3 Å². The van der Waals surface area contributed by atoms with E-state index in [2.05, 4.69) is 11.1 Å². The summed E-state index contributed by atoms with van der Waals surface area (Å²) in [5.41, 5.74) is 1.72. The Labute approximate surface area is 109 Å². The molecular weight excluding hydrogens is 244 g/mol. The van der Waals surface area contributed by atoms with Crippen LogP contribution in [0.25, 0.3) is 0 Å². The summed E-state index contributed by atoms with van der Waals surface area (Å²) in [4.78, 5) is 19.0. The first-order valence-electron chi connectivity index (χ1n) is 6.15. The zero-order chi connectivity index (χ0) is 12.2. The summed E-state index contributed by atoms with van der Waals surface area (Å²) in [5, 5.41) is 3.05. The Morgan fingerprint density at radius 2 is 2.22 bits per heavy atom. The highest BCUT2D eigenvalue weighted by atomic mass is 32.1. The van der Waals surface area contributed by atoms with Crippen molar-refractivity contribution in [3.63, 3.8) is 0 Å². The highest BCUT2D eigenvalue weighted by Gasteiger charge is 2.54. The first kappa shape index (κ1) is 10.3. The van der Waals surface area contributed by atoms with E-state index in [0.717, 1.165) is 35.5 Å². The Balaban J connectivity index is 2.03. The van der Waals surface area contributed by atoms with Crippen LogP contribution in [0, 0.1) is 0 Å². The normalized spacial score (nSPS) is 25.3. The van der Waals surface area contributed by atoms with E-state index in [1.807, 2.05) is 34.7 Å². The van der Waals surface area contributed by atoms with Gasteiger partial charge < -0.3 is 4.90 Å². The summed E-state index contributed by atoms with van der Waals surface area (Å²) in [6.07, 6.45) is 3.87. The molecule has 0 radical (unpaired) electrons. The van der Waals surface area contributed by atoms with Gasteiger partial charge in [0, 0.05) is 23.7 Å². The molecule has 1 fully saturated rings. The molecule has 90 valence electrons. The second-order valence-corrected chi connectivity index (χ2v) is 5.70. The molecule has 1 saturated heterocycles. The summed E-state index contributed by atoms with van der Waals surface area (Å²) >= 11 is 1.65. The fourth-order valence-electron chi connectivity index (χ4n) is 3.31. The minimum Gasteiger partial charge on any atom is -0.322 e. The van der Waals surface area contributed by atoms with Gasteiger partial charge in [-0.3, -0.25) is 4.79 Å². The lowest BCUT2D eigenvalue weighted by atomic mass is 9.88. The van der Waals surface area contributed by atoms with Crippen molar-refractivity contribution in [2.24, 2.45) is 0 Å². The molecule has 0 N–H and O–H groups in total. The molecule has 1 atom stereocenters. The fourth-order valence-corrected chi connectivity index (χ4v) is 4.20. The number of aromatic nitrogens is 1. The third-order valence-corrected chi connectivity index (χ3v) is 4.94. The van der Waals surface area contributed by atoms with Gasteiger partial charge in [-0.15, -0.1) is 11.3 Å². The zero-order valence-corrected chi connectivity index (χ0v) is 10.6. The molecule has 2 aliphatic heterocycles. The topological polar surface area (TPSA) is 33.2 Å². The molecule has 2 aromatic rings. The van der Waals surface area contributed by atoms with Gasteiger partial charge >= 0.3 is 0 Å². The van der Waals surface area contributed by atoms with Gasteiger partial charge in [-0.25, -0.2) is 4.98 Å². The van der Waals surface area contributed by atoms with E-state index in [1.165, 1.54) is 0 Å². The van der Waals surface area contributed by atoms with Gasteiger partial charge in [-0.2, -0.15) is 0 Å². The van der Waals surface area contributed by atoms with E-state index < -0.39 is 0 Å². The maximum atomic E-state index is 12.5. The zero-order valence-electron chi connectivity index (χ0n) is 9.80. The predicted octanol–water partition coefficient (Wildman–Crippen LogP) is 2.64. The van der Waals surface area contributed by atoms with Crippen LogP contribution in [0.5, 0.6) is 0 Å². The average molecular weight is 256 g/mol. The Morgan fingerprint density at radius 1 is 1.33 bits per heavy atom. The monoisotopic (exact) mass is 256 g/mol. The molecule has 1 aromatic carbocycles. The highest BCUT2D eigenvalue weighted by molar-refractivity contribution is 7.09. The van der Waals surface area contributed by atoms with Crippen LogP contribution in [-0.4, -0.2) is 22.3 Å². The van der Waals surface area contributed by atoms with Crippen molar-refractivity contribution in [1.29, 1.82) is 0 Å². The number of carbonyl (C=O) groups excluding carboxylic acids is 1. The number of hydrogen-bond acceptors (Lipinski definition) is 3. The molecular formula is C14H12N2OS. The van der Waals surface area contributed by atoms with Crippen molar-refractivity contribution in [2.75, 3.05) is 6.54 Å². The van der Waals surface area contributed by atoms with Gasteiger partial charge in [0.15, 0.2) is 0 Å². The Morgan fingerprint density at radius 3 is 3.06 bits per heavy atom. The summed E-state index contributed by atoms with van der Waals surface area (Å²) in [5.74, 6) is 0.165. The second-order valence-electron chi connectivity index (χ2n) is 4.80. The fraction of sp³-hybridized carbons (Fsp3) is 0.286. The van der Waals surface area contributed by atoms with Crippen molar-refractivity contribution in [3.05, 3.63) is 52.0 Å². The largest absolute Gasteiger partial charge is 0.322 e. The van der Waals surface area contributed by atoms with Crippen molar-refractivity contribution in [3.8, 4) is 0 Å². The van der Waals surface area contributed by atoms with Gasteiger partial charge in [0.2, 0.25) is 0 Å². The van der Waals surface area contributed by atoms with Crippen LogP contribution >= 0.6 is 11.3 Å². The number of nitrogens with zero attached hydrogens (tertiary/aromatic N) is 2. The smallest absolute Gasteiger partial charge is 0.255 e. The quantitative estimate of drug-likeness (QED) is 0.786. The Kier molecular flexibility index (Phi) is 1.95. The van der Waals surface area contributed by atoms with Crippen LogP contribution in [0.15, 0.2) is 35.8 Å². The van der Waals surface area contributed by atoms with E-state index in [4.69, 9.17) is 0 Å². The van der Waals surface area contributed by atoms with Gasteiger partial charge in [0.25, 0.3) is 5.91 Å². The van der Waals surface area contributed by atoms with Crippen LogP contribution in [0.4, 0.5) is 0 Å². The van der Waals surface area contributed by atoms with Crippen LogP contribution in [0.1, 0.15) is 33.8 Å². The maximum absolute atomic E-state index is 12.5. The lowest BCUT2D eigenvalue weighted by Gasteiger charge is -2.30. The summed E-state index contributed by atoms with van der Waals surface area (Å²) in [6, 6.07) is 7.98. The molecule has 0 spiro atoms. The van der Waals surface area contributed by atoms with Gasteiger partial charge in [0.05, 0.1) is 0 Å². The molecule has 0 bridgehead atoms. The number of amides is 1. The Bertz CT molecular complexity index is 622. The van der Waals surface area contributed by atoms with Gasteiger partial charge in [-0.1, -0.05) is 18.2 Å². The molecule has 0 aliphatic carbocycles. The number of thiazole rings is 1. The maximum Gasteiger partial charge on any atom is 0.255 e.